The van der Waals surface area contributed by atoms with Gasteiger partial charge in [0.2, 0.25) is 0 Å². The zero-order valence-corrected chi connectivity index (χ0v) is 50.3. The van der Waals surface area contributed by atoms with E-state index in [4.69, 9.17) is 14.2 Å². The Labute approximate surface area is 484 Å². The molecule has 0 amide bonds. The summed E-state index contributed by atoms with van der Waals surface area (Å²) in [5, 5.41) is 0. The molecule has 0 saturated heterocycles. The number of hydrogen-bond donors (Lipinski definition) is 0. The van der Waals surface area contributed by atoms with Gasteiger partial charge in [0.1, 0.15) is 13.2 Å². The van der Waals surface area contributed by atoms with Crippen LogP contribution in [-0.4, -0.2) is 37.2 Å². The van der Waals surface area contributed by atoms with Crippen LogP contribution in [0.2, 0.25) is 0 Å². The van der Waals surface area contributed by atoms with E-state index in [0.29, 0.717) is 19.3 Å². The van der Waals surface area contributed by atoms with E-state index in [1.54, 1.807) is 0 Å². The van der Waals surface area contributed by atoms with Crippen molar-refractivity contribution in [2.24, 2.45) is 0 Å². The van der Waals surface area contributed by atoms with Crippen molar-refractivity contribution in [3.05, 3.63) is 182 Å². The van der Waals surface area contributed by atoms with Crippen LogP contribution in [0.3, 0.4) is 0 Å². The summed E-state index contributed by atoms with van der Waals surface area (Å²) in [6.45, 7) is 6.29. The maximum absolute atomic E-state index is 12.9. The second-order valence-corrected chi connectivity index (χ2v) is 19.8. The van der Waals surface area contributed by atoms with Gasteiger partial charge in [-0.25, -0.2) is 0 Å². The minimum atomic E-state index is -0.852. The first-order chi connectivity index (χ1) is 39.0. The summed E-state index contributed by atoms with van der Waals surface area (Å²) >= 11 is 0. The number of allylic oxidation sites excluding steroid dienone is 30. The third-order valence-corrected chi connectivity index (χ3v) is 12.4. The van der Waals surface area contributed by atoms with Crippen LogP contribution in [0.25, 0.3) is 0 Å². The zero-order valence-electron chi connectivity index (χ0n) is 50.3. The summed E-state index contributed by atoms with van der Waals surface area (Å²) < 4.78 is 16.8. The maximum Gasteiger partial charge on any atom is 0.306 e. The van der Waals surface area contributed by atoms with Crippen LogP contribution in [-0.2, 0) is 28.6 Å². The summed E-state index contributed by atoms with van der Waals surface area (Å²) in [6, 6.07) is 0. The van der Waals surface area contributed by atoms with E-state index in [9.17, 15) is 14.4 Å². The summed E-state index contributed by atoms with van der Waals surface area (Å²) in [7, 11) is 0. The molecular formula is C73H112O6. The molecule has 0 aliphatic heterocycles. The molecule has 0 heterocycles. The number of unbranched alkanes of at least 4 members (excludes halogenated alkanes) is 13. The molecule has 79 heavy (non-hydrogen) atoms. The summed E-state index contributed by atoms with van der Waals surface area (Å²) in [5.74, 6) is -1.08. The smallest absolute Gasteiger partial charge is 0.306 e. The Hall–Kier alpha value is -5.49. The highest BCUT2D eigenvalue weighted by atomic mass is 16.6. The van der Waals surface area contributed by atoms with Crippen LogP contribution in [0.5, 0.6) is 0 Å². The highest BCUT2D eigenvalue weighted by Gasteiger charge is 2.19. The van der Waals surface area contributed by atoms with Gasteiger partial charge >= 0.3 is 17.9 Å². The first kappa shape index (κ1) is 73.5. The molecule has 0 aromatic rings. The number of esters is 3. The molecule has 0 aliphatic carbocycles. The fourth-order valence-electron chi connectivity index (χ4n) is 7.77. The first-order valence-electron chi connectivity index (χ1n) is 31.3. The Balaban J connectivity index is 4.59. The lowest BCUT2D eigenvalue weighted by atomic mass is 10.1. The van der Waals surface area contributed by atoms with E-state index < -0.39 is 12.1 Å². The van der Waals surface area contributed by atoms with Gasteiger partial charge in [-0.2, -0.15) is 0 Å². The molecule has 0 saturated carbocycles. The van der Waals surface area contributed by atoms with Gasteiger partial charge in [0.25, 0.3) is 0 Å². The second-order valence-electron chi connectivity index (χ2n) is 19.8. The minimum absolute atomic E-state index is 0.135. The van der Waals surface area contributed by atoms with Crippen molar-refractivity contribution < 1.29 is 28.6 Å². The lowest BCUT2D eigenvalue weighted by Gasteiger charge is -2.18. The van der Waals surface area contributed by atoms with Crippen molar-refractivity contribution >= 4 is 17.9 Å². The lowest BCUT2D eigenvalue weighted by Crippen LogP contribution is -2.30. The lowest BCUT2D eigenvalue weighted by molar-refractivity contribution is -0.166. The summed E-state index contributed by atoms with van der Waals surface area (Å²) in [5.41, 5.74) is 0. The molecule has 0 N–H and O–H groups in total. The zero-order chi connectivity index (χ0) is 57.1. The van der Waals surface area contributed by atoms with Gasteiger partial charge in [0.05, 0.1) is 0 Å². The van der Waals surface area contributed by atoms with Crippen molar-refractivity contribution in [3.63, 3.8) is 0 Å². The van der Waals surface area contributed by atoms with Gasteiger partial charge < -0.3 is 14.2 Å². The van der Waals surface area contributed by atoms with E-state index >= 15 is 0 Å². The van der Waals surface area contributed by atoms with Crippen LogP contribution in [0.15, 0.2) is 182 Å². The number of ether oxygens (including phenoxy) is 3. The summed E-state index contributed by atoms with van der Waals surface area (Å²) in [4.78, 5) is 38.2. The molecule has 6 nitrogen and oxygen atoms in total. The standard InChI is InChI=1S/C73H112O6/c1-4-7-10-13-16-19-22-25-28-30-32-33-34-35-36-37-38-39-41-42-45-48-51-54-57-60-63-66-72(75)78-69-70(68-77-71(74)65-62-59-56-53-50-47-44-27-24-21-18-15-12-9-6-3)79-73(76)67-64-61-58-55-52-49-46-43-40-31-29-26-23-20-17-14-11-8-5-2/h7-8,10-11,16-17,19-20,25-29,32-33,35-36,38-40,42-45,49,51-52,54,58,61,70H,4-6,9,12-15,18,21-24,30-31,34,37,41,46-48,50,53,55-57,59-60,62-69H2,1-3H3/b10-7-,11-8-,19-16-,20-17-,28-25-,29-26-,33-32-,36-35-,39-38-,43-40-,44-27-,45-42-,52-49-,54-51-,61-58-. The molecule has 1 atom stereocenters. The predicted molar refractivity (Wildman–Crippen MR) is 343 cm³/mol. The first-order valence-corrected chi connectivity index (χ1v) is 31.3. The topological polar surface area (TPSA) is 78.9 Å². The molecule has 0 aromatic carbocycles. The van der Waals surface area contributed by atoms with Crippen molar-refractivity contribution in [1.82, 2.24) is 0 Å². The van der Waals surface area contributed by atoms with Crippen LogP contribution in [0.1, 0.15) is 239 Å². The monoisotopic (exact) mass is 1080 g/mol. The van der Waals surface area contributed by atoms with Gasteiger partial charge in [0.15, 0.2) is 6.10 Å². The Morgan fingerprint density at radius 1 is 0.266 bits per heavy atom. The molecule has 1 unspecified atom stereocenters. The van der Waals surface area contributed by atoms with Crippen LogP contribution in [0.4, 0.5) is 0 Å². The van der Waals surface area contributed by atoms with E-state index in [1.165, 1.54) is 51.4 Å². The van der Waals surface area contributed by atoms with Gasteiger partial charge in [-0.05, 0) is 148 Å². The molecule has 0 aliphatic rings. The number of carbonyl (C=O) groups is 3. The molecule has 6 heteroatoms. The quantitative estimate of drug-likeness (QED) is 0.0261. The number of hydrogen-bond acceptors (Lipinski definition) is 6. The van der Waals surface area contributed by atoms with E-state index in [0.717, 1.165) is 135 Å². The molecule has 440 valence electrons. The van der Waals surface area contributed by atoms with Crippen LogP contribution >= 0.6 is 0 Å². The highest BCUT2D eigenvalue weighted by Crippen LogP contribution is 2.12. The third kappa shape index (κ3) is 63.2. The SMILES string of the molecule is CC/C=C\C/C=C\C/C=C\C/C=C\C/C=C\C/C=C\C/C=C\C/C=C\CCCCC(=O)OCC(COC(=O)CCCCCCC/C=C\CCCCCCCC)OC(=O)CC/C=C\C/C=C\C/C=C\C/C=C\C/C=C\C/C=C\CC. The second kappa shape index (κ2) is 65.0. The molecule has 0 bridgehead atoms. The Morgan fingerprint density at radius 2 is 0.519 bits per heavy atom. The van der Waals surface area contributed by atoms with E-state index in [1.807, 2.05) is 12.2 Å². The number of rotatable bonds is 54. The van der Waals surface area contributed by atoms with Crippen LogP contribution < -0.4 is 0 Å². The number of carbonyl (C=O) groups excluding carboxylic acids is 3. The van der Waals surface area contributed by atoms with E-state index in [-0.39, 0.29) is 38.0 Å². The van der Waals surface area contributed by atoms with Crippen molar-refractivity contribution in [1.29, 1.82) is 0 Å². The van der Waals surface area contributed by atoms with Gasteiger partial charge in [0, 0.05) is 19.3 Å². The predicted octanol–water partition coefficient (Wildman–Crippen LogP) is 21.7. The Kier molecular flexibility index (Phi) is 60.5. The Morgan fingerprint density at radius 3 is 0.861 bits per heavy atom. The average molecular weight is 1090 g/mol. The van der Waals surface area contributed by atoms with E-state index in [2.05, 4.69) is 191 Å². The highest BCUT2D eigenvalue weighted by molar-refractivity contribution is 5.71. The fourth-order valence-corrected chi connectivity index (χ4v) is 7.77. The van der Waals surface area contributed by atoms with Crippen molar-refractivity contribution in [3.8, 4) is 0 Å². The van der Waals surface area contributed by atoms with Gasteiger partial charge in [-0.15, -0.1) is 0 Å². The molecular weight excluding hydrogens is 973 g/mol. The van der Waals surface area contributed by atoms with Crippen LogP contribution in [0, 0.1) is 0 Å². The third-order valence-electron chi connectivity index (χ3n) is 12.4. The normalized spacial score (nSPS) is 13.4. The molecule has 0 spiro atoms. The van der Waals surface area contributed by atoms with Crippen molar-refractivity contribution in [2.75, 3.05) is 13.2 Å². The van der Waals surface area contributed by atoms with Crippen molar-refractivity contribution in [2.45, 2.75) is 245 Å². The fraction of sp³-hybridized carbons (Fsp3) is 0.548. The largest absolute Gasteiger partial charge is 0.462 e. The maximum atomic E-state index is 12.9. The molecule has 0 fully saturated rings. The molecule has 0 radical (unpaired) electrons. The average Bonchev–Trinajstić information content (AvgIpc) is 3.45. The Bertz CT molecular complexity index is 1870. The van der Waals surface area contributed by atoms with Gasteiger partial charge in [-0.3, -0.25) is 14.4 Å². The molecule has 0 aromatic heterocycles. The van der Waals surface area contributed by atoms with Gasteiger partial charge in [-0.1, -0.05) is 254 Å². The molecule has 0 rings (SSSR count). The minimum Gasteiger partial charge on any atom is -0.462 e. The summed E-state index contributed by atoms with van der Waals surface area (Å²) in [6.07, 6.45) is 97.6.